The first-order valence-corrected chi connectivity index (χ1v) is 5.84. The van der Waals surface area contributed by atoms with Gasteiger partial charge >= 0.3 is 5.97 Å². The van der Waals surface area contributed by atoms with E-state index >= 15 is 0 Å². The Hall–Kier alpha value is -1.03. The SMILES string of the molecule is CCOC(=O)CSc1cc(C)cc(C)n1. The Morgan fingerprint density at radius 2 is 2.20 bits per heavy atom. The van der Waals surface area contributed by atoms with Gasteiger partial charge in [-0.1, -0.05) is 11.8 Å². The number of aryl methyl sites for hydroxylation is 2. The van der Waals surface area contributed by atoms with Crippen molar-refractivity contribution < 1.29 is 9.53 Å². The van der Waals surface area contributed by atoms with Crippen LogP contribution in [0.1, 0.15) is 18.2 Å². The molecule has 0 aliphatic rings. The lowest BCUT2D eigenvalue weighted by Gasteiger charge is -2.03. The summed E-state index contributed by atoms with van der Waals surface area (Å²) in [6.45, 7) is 6.20. The Morgan fingerprint density at radius 3 is 2.80 bits per heavy atom. The lowest BCUT2D eigenvalue weighted by atomic mass is 10.3. The first-order chi connectivity index (χ1) is 7.11. The molecule has 0 radical (unpaired) electrons. The highest BCUT2D eigenvalue weighted by Crippen LogP contribution is 2.17. The van der Waals surface area contributed by atoms with E-state index in [1.54, 1.807) is 6.92 Å². The zero-order valence-electron chi connectivity index (χ0n) is 9.24. The molecule has 0 spiro atoms. The number of ether oxygens (including phenoxy) is 1. The van der Waals surface area contributed by atoms with Gasteiger partial charge in [-0.3, -0.25) is 4.79 Å². The fraction of sp³-hybridized carbons (Fsp3) is 0.455. The number of esters is 1. The Morgan fingerprint density at radius 1 is 1.47 bits per heavy atom. The molecule has 0 N–H and O–H groups in total. The second-order valence-corrected chi connectivity index (χ2v) is 4.21. The minimum absolute atomic E-state index is 0.191. The maximum atomic E-state index is 11.1. The monoisotopic (exact) mass is 225 g/mol. The summed E-state index contributed by atoms with van der Waals surface area (Å²) >= 11 is 1.41. The molecular weight excluding hydrogens is 210 g/mol. The van der Waals surface area contributed by atoms with Gasteiger partial charge in [0, 0.05) is 5.69 Å². The fourth-order valence-electron chi connectivity index (χ4n) is 1.21. The van der Waals surface area contributed by atoms with E-state index in [4.69, 9.17) is 4.74 Å². The summed E-state index contributed by atoms with van der Waals surface area (Å²) in [5.41, 5.74) is 2.13. The van der Waals surface area contributed by atoms with Gasteiger partial charge in [-0.15, -0.1) is 0 Å². The van der Waals surface area contributed by atoms with E-state index < -0.39 is 0 Å². The molecule has 1 rings (SSSR count). The highest BCUT2D eigenvalue weighted by Gasteiger charge is 2.04. The predicted molar refractivity (Wildman–Crippen MR) is 61.1 cm³/mol. The first-order valence-electron chi connectivity index (χ1n) is 4.85. The molecule has 0 amide bonds. The first kappa shape index (κ1) is 12.0. The molecule has 1 aromatic rings. The number of rotatable bonds is 4. The van der Waals surface area contributed by atoms with Crippen molar-refractivity contribution in [3.63, 3.8) is 0 Å². The molecule has 82 valence electrons. The van der Waals surface area contributed by atoms with Gasteiger partial charge in [-0.05, 0) is 38.5 Å². The van der Waals surface area contributed by atoms with Gasteiger partial charge in [0.25, 0.3) is 0 Å². The topological polar surface area (TPSA) is 39.2 Å². The van der Waals surface area contributed by atoms with Crippen LogP contribution in [0.15, 0.2) is 17.2 Å². The van der Waals surface area contributed by atoms with E-state index in [0.717, 1.165) is 16.3 Å². The van der Waals surface area contributed by atoms with Crippen LogP contribution in [-0.2, 0) is 9.53 Å². The van der Waals surface area contributed by atoms with Crippen LogP contribution in [0.3, 0.4) is 0 Å². The van der Waals surface area contributed by atoms with Crippen LogP contribution in [0.25, 0.3) is 0 Å². The van der Waals surface area contributed by atoms with Crippen molar-refractivity contribution in [2.24, 2.45) is 0 Å². The maximum Gasteiger partial charge on any atom is 0.316 e. The van der Waals surface area contributed by atoms with Gasteiger partial charge in [0.15, 0.2) is 0 Å². The minimum atomic E-state index is -0.191. The van der Waals surface area contributed by atoms with E-state index in [9.17, 15) is 4.79 Å². The quantitative estimate of drug-likeness (QED) is 0.582. The third kappa shape index (κ3) is 4.34. The second-order valence-electron chi connectivity index (χ2n) is 3.22. The molecule has 0 atom stereocenters. The zero-order chi connectivity index (χ0) is 11.3. The molecular formula is C11H15NO2S. The average Bonchev–Trinajstić information content (AvgIpc) is 2.14. The molecule has 15 heavy (non-hydrogen) atoms. The summed E-state index contributed by atoms with van der Waals surface area (Å²) in [5.74, 6) is 0.132. The second kappa shape index (κ2) is 5.75. The van der Waals surface area contributed by atoms with Gasteiger partial charge < -0.3 is 4.74 Å². The molecule has 1 aromatic heterocycles. The van der Waals surface area contributed by atoms with Gasteiger partial charge in [-0.25, -0.2) is 4.98 Å². The Kier molecular flexibility index (Phi) is 4.62. The fourth-order valence-corrected chi connectivity index (χ4v) is 2.04. The summed E-state index contributed by atoms with van der Waals surface area (Å²) in [6.07, 6.45) is 0. The molecule has 0 bridgehead atoms. The summed E-state index contributed by atoms with van der Waals surface area (Å²) in [6, 6.07) is 3.98. The highest BCUT2D eigenvalue weighted by molar-refractivity contribution is 7.99. The van der Waals surface area contributed by atoms with Crippen molar-refractivity contribution >= 4 is 17.7 Å². The summed E-state index contributed by atoms with van der Waals surface area (Å²) < 4.78 is 4.84. The summed E-state index contributed by atoms with van der Waals surface area (Å²) in [4.78, 5) is 15.4. The van der Waals surface area contributed by atoms with Gasteiger partial charge in [0.1, 0.15) is 0 Å². The number of hydrogen-bond donors (Lipinski definition) is 0. The van der Waals surface area contributed by atoms with Gasteiger partial charge in [0.2, 0.25) is 0 Å². The number of carbonyl (C=O) groups excluding carboxylic acids is 1. The molecule has 0 aliphatic heterocycles. The molecule has 0 unspecified atom stereocenters. The van der Waals surface area contributed by atoms with Crippen molar-refractivity contribution in [1.29, 1.82) is 0 Å². The van der Waals surface area contributed by atoms with Crippen molar-refractivity contribution in [3.05, 3.63) is 23.4 Å². The largest absolute Gasteiger partial charge is 0.465 e. The van der Waals surface area contributed by atoms with Gasteiger partial charge in [-0.2, -0.15) is 0 Å². The smallest absolute Gasteiger partial charge is 0.316 e. The maximum absolute atomic E-state index is 11.1. The standard InChI is InChI=1S/C11H15NO2S/c1-4-14-11(13)7-15-10-6-8(2)5-9(3)12-10/h5-6H,4,7H2,1-3H3. The van der Waals surface area contributed by atoms with Crippen LogP contribution in [-0.4, -0.2) is 23.3 Å². The molecule has 0 aliphatic carbocycles. The number of aromatic nitrogens is 1. The van der Waals surface area contributed by atoms with E-state index in [0.29, 0.717) is 12.4 Å². The van der Waals surface area contributed by atoms with Crippen molar-refractivity contribution in [3.8, 4) is 0 Å². The van der Waals surface area contributed by atoms with Crippen LogP contribution < -0.4 is 0 Å². The van der Waals surface area contributed by atoms with Gasteiger partial charge in [0.05, 0.1) is 17.4 Å². The van der Waals surface area contributed by atoms with E-state index in [2.05, 4.69) is 4.98 Å². The molecule has 1 heterocycles. The van der Waals surface area contributed by atoms with E-state index in [1.807, 2.05) is 26.0 Å². The molecule has 0 fully saturated rings. The average molecular weight is 225 g/mol. The summed E-state index contributed by atoms with van der Waals surface area (Å²) in [7, 11) is 0. The zero-order valence-corrected chi connectivity index (χ0v) is 10.1. The lowest BCUT2D eigenvalue weighted by Crippen LogP contribution is -2.06. The van der Waals surface area contributed by atoms with Crippen molar-refractivity contribution in [2.75, 3.05) is 12.4 Å². The van der Waals surface area contributed by atoms with Crippen molar-refractivity contribution in [1.82, 2.24) is 4.98 Å². The molecule has 0 aromatic carbocycles. The molecule has 4 heteroatoms. The number of thioether (sulfide) groups is 1. The predicted octanol–water partition coefficient (Wildman–Crippen LogP) is 2.35. The lowest BCUT2D eigenvalue weighted by molar-refractivity contribution is -0.139. The van der Waals surface area contributed by atoms with E-state index in [1.165, 1.54) is 11.8 Å². The Balaban J connectivity index is 2.54. The summed E-state index contributed by atoms with van der Waals surface area (Å²) in [5, 5.41) is 0.876. The minimum Gasteiger partial charge on any atom is -0.465 e. The number of pyridine rings is 1. The van der Waals surface area contributed by atoms with Crippen LogP contribution in [0.2, 0.25) is 0 Å². The molecule has 0 saturated heterocycles. The molecule has 3 nitrogen and oxygen atoms in total. The number of carbonyl (C=O) groups is 1. The number of hydrogen-bond acceptors (Lipinski definition) is 4. The molecule has 0 saturated carbocycles. The van der Waals surface area contributed by atoms with Crippen molar-refractivity contribution in [2.45, 2.75) is 25.8 Å². The third-order valence-electron chi connectivity index (χ3n) is 1.72. The Bertz CT molecular complexity index is 332. The third-order valence-corrected chi connectivity index (χ3v) is 2.60. The van der Waals surface area contributed by atoms with Crippen LogP contribution in [0, 0.1) is 13.8 Å². The highest BCUT2D eigenvalue weighted by atomic mass is 32.2. The Labute approximate surface area is 94.2 Å². The van der Waals surface area contributed by atoms with Crippen LogP contribution >= 0.6 is 11.8 Å². The number of nitrogens with zero attached hydrogens (tertiary/aromatic N) is 1. The van der Waals surface area contributed by atoms with E-state index in [-0.39, 0.29) is 5.97 Å². The van der Waals surface area contributed by atoms with Crippen LogP contribution in [0.4, 0.5) is 0 Å². The van der Waals surface area contributed by atoms with Crippen LogP contribution in [0.5, 0.6) is 0 Å². The normalized spacial score (nSPS) is 10.1.